The lowest BCUT2D eigenvalue weighted by Crippen LogP contribution is -2.18. The number of benzene rings is 2. The molecule has 3 aromatic rings. The summed E-state index contributed by atoms with van der Waals surface area (Å²) in [6.45, 7) is 5.38. The highest BCUT2D eigenvalue weighted by Crippen LogP contribution is 2.33. The lowest BCUT2D eigenvalue weighted by Gasteiger charge is -2.22. The van der Waals surface area contributed by atoms with Gasteiger partial charge in [0, 0.05) is 29.4 Å². The predicted octanol–water partition coefficient (Wildman–Crippen LogP) is 6.44. The number of hydrogen-bond acceptors (Lipinski definition) is 3. The molecule has 5 rings (SSSR count). The summed E-state index contributed by atoms with van der Waals surface area (Å²) < 4.78 is 0. The van der Waals surface area contributed by atoms with E-state index in [0.717, 1.165) is 28.7 Å². The first-order valence-electron chi connectivity index (χ1n) is 12.2. The topological polar surface area (TPSA) is 45.2 Å². The van der Waals surface area contributed by atoms with Crippen molar-refractivity contribution in [1.29, 1.82) is 0 Å². The van der Waals surface area contributed by atoms with E-state index in [-0.39, 0.29) is 5.91 Å². The second-order valence-electron chi connectivity index (χ2n) is 9.55. The minimum atomic E-state index is -0.0618. The molecule has 0 radical (unpaired) electrons. The fraction of sp³-hybridized carbons (Fsp3) is 0.429. The maximum absolute atomic E-state index is 12.9. The van der Waals surface area contributed by atoms with Crippen LogP contribution >= 0.6 is 0 Å². The number of amides is 1. The highest BCUT2D eigenvalue weighted by atomic mass is 16.1. The molecular formula is C28H33N3O. The van der Waals surface area contributed by atoms with Crippen LogP contribution in [-0.2, 0) is 6.54 Å². The molecule has 1 aromatic heterocycles. The van der Waals surface area contributed by atoms with Crippen LogP contribution in [-0.4, -0.2) is 28.9 Å². The van der Waals surface area contributed by atoms with Crippen LogP contribution in [0.5, 0.6) is 0 Å². The van der Waals surface area contributed by atoms with Crippen LogP contribution in [0.1, 0.15) is 77.9 Å². The molecule has 1 N–H and O–H groups in total. The molecule has 1 aliphatic heterocycles. The summed E-state index contributed by atoms with van der Waals surface area (Å²) in [5.41, 5.74) is 6.14. The molecular weight excluding hydrogens is 394 g/mol. The van der Waals surface area contributed by atoms with Crippen molar-refractivity contribution in [2.24, 2.45) is 0 Å². The Kier molecular flexibility index (Phi) is 6.22. The van der Waals surface area contributed by atoms with Gasteiger partial charge < -0.3 is 5.32 Å². The second-order valence-corrected chi connectivity index (χ2v) is 9.55. The Morgan fingerprint density at radius 2 is 1.75 bits per heavy atom. The fourth-order valence-corrected chi connectivity index (χ4v) is 5.35. The summed E-state index contributed by atoms with van der Waals surface area (Å²) in [6.07, 6.45) is 11.1. The third kappa shape index (κ3) is 4.56. The minimum Gasteiger partial charge on any atom is -0.322 e. The predicted molar refractivity (Wildman–Crippen MR) is 131 cm³/mol. The van der Waals surface area contributed by atoms with Gasteiger partial charge in [0.2, 0.25) is 0 Å². The second kappa shape index (κ2) is 9.41. The fourth-order valence-electron chi connectivity index (χ4n) is 5.35. The number of aromatic nitrogens is 1. The molecule has 2 heterocycles. The molecule has 2 fully saturated rings. The molecule has 1 saturated carbocycles. The Morgan fingerprint density at radius 3 is 2.50 bits per heavy atom. The van der Waals surface area contributed by atoms with Crippen LogP contribution in [0, 0.1) is 6.92 Å². The van der Waals surface area contributed by atoms with Gasteiger partial charge in [0.15, 0.2) is 0 Å². The van der Waals surface area contributed by atoms with E-state index >= 15 is 0 Å². The van der Waals surface area contributed by atoms with E-state index in [4.69, 9.17) is 4.98 Å². The first-order valence-corrected chi connectivity index (χ1v) is 12.2. The summed E-state index contributed by atoms with van der Waals surface area (Å²) in [6, 6.07) is 14.5. The van der Waals surface area contributed by atoms with Crippen molar-refractivity contribution in [1.82, 2.24) is 9.88 Å². The molecule has 1 aliphatic carbocycles. The largest absolute Gasteiger partial charge is 0.322 e. The highest BCUT2D eigenvalue weighted by molar-refractivity contribution is 6.05. The van der Waals surface area contributed by atoms with E-state index in [9.17, 15) is 4.79 Å². The Hall–Kier alpha value is -2.72. The average Bonchev–Trinajstić information content (AvgIpc) is 3.34. The SMILES string of the molecule is Cc1c(NC(=O)c2ccc(C3CCCCC3)cc2)ccc2cc(CN3CCCC3)cnc12. The number of fused-ring (bicyclic) bond motifs is 1. The van der Waals surface area contributed by atoms with Crippen LogP contribution in [0.15, 0.2) is 48.7 Å². The standard InChI is InChI=1S/C28H33N3O/c1-20-26(14-13-25-17-21(18-29-27(20)25)19-31-15-5-6-16-31)30-28(32)24-11-9-23(10-12-24)22-7-3-2-4-8-22/h9-14,17-18,22H,2-8,15-16,19H2,1H3,(H,30,32). The van der Waals surface area contributed by atoms with Crippen molar-refractivity contribution in [3.05, 3.63) is 70.9 Å². The van der Waals surface area contributed by atoms with Gasteiger partial charge in [-0.1, -0.05) is 37.5 Å². The number of rotatable bonds is 5. The molecule has 2 aromatic carbocycles. The number of nitrogens with one attached hydrogen (secondary N) is 1. The van der Waals surface area contributed by atoms with Crippen LogP contribution in [0.2, 0.25) is 0 Å². The number of nitrogens with zero attached hydrogens (tertiary/aromatic N) is 2. The molecule has 2 aliphatic rings. The molecule has 1 amide bonds. The lowest BCUT2D eigenvalue weighted by atomic mass is 9.84. The third-order valence-electron chi connectivity index (χ3n) is 7.27. The summed E-state index contributed by atoms with van der Waals surface area (Å²) in [5, 5.41) is 4.24. The first kappa shape index (κ1) is 21.1. The van der Waals surface area contributed by atoms with E-state index in [2.05, 4.69) is 34.5 Å². The van der Waals surface area contributed by atoms with Crippen LogP contribution in [0.3, 0.4) is 0 Å². The van der Waals surface area contributed by atoms with Crippen molar-refractivity contribution in [3.8, 4) is 0 Å². The Morgan fingerprint density at radius 1 is 1.00 bits per heavy atom. The molecule has 166 valence electrons. The van der Waals surface area contributed by atoms with Gasteiger partial charge in [-0.2, -0.15) is 0 Å². The van der Waals surface area contributed by atoms with Gasteiger partial charge in [-0.15, -0.1) is 0 Å². The minimum absolute atomic E-state index is 0.0618. The van der Waals surface area contributed by atoms with Gasteiger partial charge in [-0.25, -0.2) is 0 Å². The average molecular weight is 428 g/mol. The normalized spacial score (nSPS) is 17.7. The quantitative estimate of drug-likeness (QED) is 0.510. The van der Waals surface area contributed by atoms with Crippen molar-refractivity contribution in [2.75, 3.05) is 18.4 Å². The highest BCUT2D eigenvalue weighted by Gasteiger charge is 2.17. The third-order valence-corrected chi connectivity index (χ3v) is 7.27. The van der Waals surface area contributed by atoms with Crippen LogP contribution in [0.25, 0.3) is 10.9 Å². The molecule has 32 heavy (non-hydrogen) atoms. The van der Waals surface area contributed by atoms with Gasteiger partial charge in [0.1, 0.15) is 0 Å². The number of pyridine rings is 1. The molecule has 1 saturated heterocycles. The van der Waals surface area contributed by atoms with E-state index in [1.165, 1.54) is 69.2 Å². The number of hydrogen-bond donors (Lipinski definition) is 1. The zero-order valence-electron chi connectivity index (χ0n) is 19.1. The maximum atomic E-state index is 12.9. The number of aryl methyl sites for hydroxylation is 1. The zero-order chi connectivity index (χ0) is 21.9. The Balaban J connectivity index is 1.29. The van der Waals surface area contributed by atoms with Crippen molar-refractivity contribution >= 4 is 22.5 Å². The van der Waals surface area contributed by atoms with Gasteiger partial charge in [0.25, 0.3) is 5.91 Å². The number of carbonyl (C=O) groups excluding carboxylic acids is 1. The van der Waals surface area contributed by atoms with E-state index in [1.807, 2.05) is 31.3 Å². The summed E-state index contributed by atoms with van der Waals surface area (Å²) in [4.78, 5) is 20.1. The first-order chi connectivity index (χ1) is 15.7. The Labute approximate surface area is 191 Å². The maximum Gasteiger partial charge on any atom is 0.255 e. The van der Waals surface area contributed by atoms with Gasteiger partial charge in [-0.05, 0) is 92.6 Å². The van der Waals surface area contributed by atoms with Gasteiger partial charge in [-0.3, -0.25) is 14.7 Å². The number of anilines is 1. The number of likely N-dealkylation sites (tertiary alicyclic amines) is 1. The van der Waals surface area contributed by atoms with Gasteiger partial charge >= 0.3 is 0 Å². The van der Waals surface area contributed by atoms with Gasteiger partial charge in [0.05, 0.1) is 5.52 Å². The van der Waals surface area contributed by atoms with Crippen molar-refractivity contribution in [3.63, 3.8) is 0 Å². The smallest absolute Gasteiger partial charge is 0.255 e. The molecule has 0 spiro atoms. The Bertz CT molecular complexity index is 1090. The number of carbonyl (C=O) groups is 1. The summed E-state index contributed by atoms with van der Waals surface area (Å²) in [5.74, 6) is 0.596. The van der Waals surface area contributed by atoms with Crippen molar-refractivity contribution in [2.45, 2.75) is 64.3 Å². The van der Waals surface area contributed by atoms with Crippen LogP contribution in [0.4, 0.5) is 5.69 Å². The van der Waals surface area contributed by atoms with E-state index in [0.29, 0.717) is 11.5 Å². The molecule has 4 nitrogen and oxygen atoms in total. The van der Waals surface area contributed by atoms with E-state index < -0.39 is 0 Å². The molecule has 0 unspecified atom stereocenters. The monoisotopic (exact) mass is 427 g/mol. The molecule has 0 atom stereocenters. The summed E-state index contributed by atoms with van der Waals surface area (Å²) >= 11 is 0. The zero-order valence-corrected chi connectivity index (χ0v) is 19.1. The van der Waals surface area contributed by atoms with E-state index in [1.54, 1.807) is 0 Å². The summed E-state index contributed by atoms with van der Waals surface area (Å²) in [7, 11) is 0. The molecule has 4 heteroatoms. The van der Waals surface area contributed by atoms with Crippen molar-refractivity contribution < 1.29 is 4.79 Å². The lowest BCUT2D eigenvalue weighted by molar-refractivity contribution is 0.102. The van der Waals surface area contributed by atoms with Crippen LogP contribution < -0.4 is 5.32 Å². The molecule has 0 bridgehead atoms.